The third kappa shape index (κ3) is 9.52. The fourth-order valence-electron chi connectivity index (χ4n) is 1.22. The molecule has 0 fully saturated rings. The molecule has 0 atom stereocenters. The van der Waals surface area contributed by atoms with Crippen molar-refractivity contribution in [3.05, 3.63) is 0 Å². The van der Waals surface area contributed by atoms with E-state index in [9.17, 15) is 4.79 Å². The highest BCUT2D eigenvalue weighted by Crippen LogP contribution is 1.98. The average molecular weight is 200 g/mol. The number of amides is 1. The lowest BCUT2D eigenvalue weighted by atomic mass is 10.1. The summed E-state index contributed by atoms with van der Waals surface area (Å²) < 4.78 is 0. The largest absolute Gasteiger partial charge is 0.356 e. The van der Waals surface area contributed by atoms with Crippen LogP contribution in [-0.4, -0.2) is 38.0 Å². The van der Waals surface area contributed by atoms with E-state index >= 15 is 0 Å². The smallest absolute Gasteiger partial charge is 0.220 e. The molecule has 84 valence electrons. The molecule has 0 aromatic heterocycles. The average Bonchev–Trinajstić information content (AvgIpc) is 2.01. The molecular weight excluding hydrogens is 176 g/mol. The van der Waals surface area contributed by atoms with Crippen LogP contribution in [0.3, 0.4) is 0 Å². The number of unbranched alkanes of at least 4 members (excludes halogenated alkanes) is 1. The Kier molecular flexibility index (Phi) is 7.48. The number of carbonyl (C=O) groups is 1. The maximum atomic E-state index is 11.2. The van der Waals surface area contributed by atoms with E-state index in [-0.39, 0.29) is 5.91 Å². The standard InChI is InChI=1S/C11H24N2O/c1-10(2)9-11(14)12-7-5-6-8-13(3)4/h10H,5-9H2,1-4H3,(H,12,14). The van der Waals surface area contributed by atoms with Crippen LogP contribution in [0.2, 0.25) is 0 Å². The van der Waals surface area contributed by atoms with Gasteiger partial charge in [-0.05, 0) is 39.4 Å². The summed E-state index contributed by atoms with van der Waals surface area (Å²) in [6, 6.07) is 0. The van der Waals surface area contributed by atoms with Crippen molar-refractivity contribution in [3.8, 4) is 0 Å². The van der Waals surface area contributed by atoms with Crippen LogP contribution in [0.4, 0.5) is 0 Å². The molecule has 0 unspecified atom stereocenters. The van der Waals surface area contributed by atoms with Gasteiger partial charge in [-0.15, -0.1) is 0 Å². The van der Waals surface area contributed by atoms with Crippen LogP contribution in [0, 0.1) is 5.92 Å². The van der Waals surface area contributed by atoms with Crippen molar-refractivity contribution in [1.29, 1.82) is 0 Å². The zero-order chi connectivity index (χ0) is 11.0. The van der Waals surface area contributed by atoms with Crippen LogP contribution < -0.4 is 5.32 Å². The molecule has 0 aromatic carbocycles. The van der Waals surface area contributed by atoms with Crippen molar-refractivity contribution in [2.75, 3.05) is 27.2 Å². The predicted molar refractivity (Wildman–Crippen MR) is 60.3 cm³/mol. The highest BCUT2D eigenvalue weighted by atomic mass is 16.1. The molecule has 0 saturated heterocycles. The molecule has 1 amide bonds. The van der Waals surface area contributed by atoms with Crippen LogP contribution in [0.1, 0.15) is 33.1 Å². The van der Waals surface area contributed by atoms with Gasteiger partial charge in [0.2, 0.25) is 5.91 Å². The fourth-order valence-corrected chi connectivity index (χ4v) is 1.22. The first-order valence-corrected chi connectivity index (χ1v) is 5.43. The van der Waals surface area contributed by atoms with Crippen LogP contribution >= 0.6 is 0 Å². The second-order valence-corrected chi connectivity index (χ2v) is 4.46. The van der Waals surface area contributed by atoms with Gasteiger partial charge in [0.25, 0.3) is 0 Å². The number of hydrogen-bond acceptors (Lipinski definition) is 2. The minimum atomic E-state index is 0.185. The SMILES string of the molecule is CC(C)CC(=O)NCCCCN(C)C. The van der Waals surface area contributed by atoms with Crippen molar-refractivity contribution >= 4 is 5.91 Å². The van der Waals surface area contributed by atoms with Gasteiger partial charge in [-0.3, -0.25) is 4.79 Å². The molecule has 0 aliphatic heterocycles. The molecule has 0 spiro atoms. The Morgan fingerprint density at radius 3 is 2.43 bits per heavy atom. The quantitative estimate of drug-likeness (QED) is 0.632. The maximum absolute atomic E-state index is 11.2. The van der Waals surface area contributed by atoms with Gasteiger partial charge in [-0.25, -0.2) is 0 Å². The third-order valence-corrected chi connectivity index (χ3v) is 1.95. The van der Waals surface area contributed by atoms with Crippen molar-refractivity contribution < 1.29 is 4.79 Å². The van der Waals surface area contributed by atoms with Gasteiger partial charge in [0.1, 0.15) is 0 Å². The second kappa shape index (κ2) is 7.80. The van der Waals surface area contributed by atoms with Crippen LogP contribution in [0.5, 0.6) is 0 Å². The van der Waals surface area contributed by atoms with E-state index in [0.717, 1.165) is 25.9 Å². The molecule has 0 aliphatic carbocycles. The Morgan fingerprint density at radius 2 is 1.93 bits per heavy atom. The second-order valence-electron chi connectivity index (χ2n) is 4.46. The fraction of sp³-hybridized carbons (Fsp3) is 0.909. The first-order chi connectivity index (χ1) is 6.52. The van der Waals surface area contributed by atoms with E-state index < -0.39 is 0 Å². The predicted octanol–water partition coefficient (Wildman–Crippen LogP) is 1.49. The molecular formula is C11H24N2O. The summed E-state index contributed by atoms with van der Waals surface area (Å²) in [7, 11) is 4.13. The molecule has 0 aromatic rings. The summed E-state index contributed by atoms with van der Waals surface area (Å²) in [5.74, 6) is 0.640. The number of hydrogen-bond donors (Lipinski definition) is 1. The monoisotopic (exact) mass is 200 g/mol. The van der Waals surface area contributed by atoms with E-state index in [1.54, 1.807) is 0 Å². The van der Waals surface area contributed by atoms with Gasteiger partial charge >= 0.3 is 0 Å². The van der Waals surface area contributed by atoms with Gasteiger partial charge < -0.3 is 10.2 Å². The van der Waals surface area contributed by atoms with Crippen molar-refractivity contribution in [2.24, 2.45) is 5.92 Å². The highest BCUT2D eigenvalue weighted by molar-refractivity contribution is 5.75. The summed E-state index contributed by atoms with van der Waals surface area (Å²) >= 11 is 0. The Labute approximate surface area is 87.9 Å². The minimum Gasteiger partial charge on any atom is -0.356 e. The molecule has 0 aliphatic rings. The third-order valence-electron chi connectivity index (χ3n) is 1.95. The lowest BCUT2D eigenvalue weighted by Gasteiger charge is -2.10. The minimum absolute atomic E-state index is 0.185. The molecule has 0 bridgehead atoms. The van der Waals surface area contributed by atoms with Crippen molar-refractivity contribution in [2.45, 2.75) is 33.1 Å². The van der Waals surface area contributed by atoms with Gasteiger partial charge in [-0.2, -0.15) is 0 Å². The zero-order valence-electron chi connectivity index (χ0n) is 9.97. The van der Waals surface area contributed by atoms with Gasteiger partial charge in [0.15, 0.2) is 0 Å². The van der Waals surface area contributed by atoms with E-state index in [0.29, 0.717) is 12.3 Å². The number of nitrogens with one attached hydrogen (secondary N) is 1. The first kappa shape index (κ1) is 13.4. The molecule has 3 heteroatoms. The van der Waals surface area contributed by atoms with Crippen LogP contribution in [0.15, 0.2) is 0 Å². The number of carbonyl (C=O) groups excluding carboxylic acids is 1. The number of rotatable bonds is 7. The van der Waals surface area contributed by atoms with Crippen molar-refractivity contribution in [3.63, 3.8) is 0 Å². The summed E-state index contributed by atoms with van der Waals surface area (Å²) in [4.78, 5) is 13.4. The molecule has 0 radical (unpaired) electrons. The van der Waals surface area contributed by atoms with Gasteiger partial charge in [-0.1, -0.05) is 13.8 Å². The summed E-state index contributed by atoms with van der Waals surface area (Å²) in [6.07, 6.45) is 2.87. The molecule has 0 rings (SSSR count). The highest BCUT2D eigenvalue weighted by Gasteiger charge is 2.02. The van der Waals surface area contributed by atoms with Crippen molar-refractivity contribution in [1.82, 2.24) is 10.2 Å². The maximum Gasteiger partial charge on any atom is 0.220 e. The van der Waals surface area contributed by atoms with Gasteiger partial charge in [0.05, 0.1) is 0 Å². The van der Waals surface area contributed by atoms with Crippen LogP contribution in [-0.2, 0) is 4.79 Å². The summed E-state index contributed by atoms with van der Waals surface area (Å²) in [5, 5.41) is 2.93. The first-order valence-electron chi connectivity index (χ1n) is 5.43. The molecule has 0 saturated carbocycles. The molecule has 1 N–H and O–H groups in total. The zero-order valence-corrected chi connectivity index (χ0v) is 9.97. The van der Waals surface area contributed by atoms with E-state index in [1.165, 1.54) is 0 Å². The Bertz CT molecular complexity index is 155. The Morgan fingerprint density at radius 1 is 1.29 bits per heavy atom. The topological polar surface area (TPSA) is 32.3 Å². The van der Waals surface area contributed by atoms with Crippen LogP contribution in [0.25, 0.3) is 0 Å². The summed E-state index contributed by atoms with van der Waals surface area (Å²) in [5.41, 5.74) is 0. The molecule has 14 heavy (non-hydrogen) atoms. The lowest BCUT2D eigenvalue weighted by molar-refractivity contribution is -0.121. The molecule has 0 heterocycles. The van der Waals surface area contributed by atoms with E-state index in [1.807, 2.05) is 0 Å². The number of nitrogens with zero attached hydrogens (tertiary/aromatic N) is 1. The lowest BCUT2D eigenvalue weighted by Crippen LogP contribution is -2.26. The molecule has 3 nitrogen and oxygen atoms in total. The Hall–Kier alpha value is -0.570. The van der Waals surface area contributed by atoms with Gasteiger partial charge in [0, 0.05) is 13.0 Å². The Balaban J connectivity index is 3.23. The summed E-state index contributed by atoms with van der Waals surface area (Å²) in [6.45, 7) is 6.04. The normalized spacial score (nSPS) is 11.0. The van der Waals surface area contributed by atoms with E-state index in [4.69, 9.17) is 0 Å². The van der Waals surface area contributed by atoms with E-state index in [2.05, 4.69) is 38.2 Å².